The minimum atomic E-state index is -0.911. The molecule has 6 heteroatoms. The first-order valence-electron chi connectivity index (χ1n) is 10.2. The number of carboxylic acids is 1. The molecule has 0 saturated carbocycles. The van der Waals surface area contributed by atoms with Crippen LogP contribution in [-0.2, 0) is 9.53 Å². The topological polar surface area (TPSA) is 78.9 Å². The van der Waals surface area contributed by atoms with Gasteiger partial charge in [0.1, 0.15) is 12.6 Å². The minimum Gasteiger partial charge on any atom is -0.480 e. The van der Waals surface area contributed by atoms with Crippen LogP contribution in [0.4, 0.5) is 4.79 Å². The van der Waals surface area contributed by atoms with Gasteiger partial charge < -0.3 is 15.2 Å². The minimum absolute atomic E-state index is 0.00878. The van der Waals surface area contributed by atoms with E-state index in [0.717, 1.165) is 43.5 Å². The summed E-state index contributed by atoms with van der Waals surface area (Å²) in [5.41, 5.74) is 4.65. The summed E-state index contributed by atoms with van der Waals surface area (Å²) in [6.07, 6.45) is 2.54. The van der Waals surface area contributed by atoms with Crippen LogP contribution in [0.5, 0.6) is 0 Å². The smallest absolute Gasteiger partial charge is 0.407 e. The summed E-state index contributed by atoms with van der Waals surface area (Å²) < 4.78 is 5.50. The Morgan fingerprint density at radius 1 is 1.00 bits per heavy atom. The average Bonchev–Trinajstić information content (AvgIpc) is 3.07. The van der Waals surface area contributed by atoms with E-state index in [9.17, 15) is 14.7 Å². The van der Waals surface area contributed by atoms with Gasteiger partial charge in [0.2, 0.25) is 0 Å². The van der Waals surface area contributed by atoms with Gasteiger partial charge in [-0.05, 0) is 48.2 Å². The maximum Gasteiger partial charge on any atom is 0.407 e. The molecule has 1 aliphatic carbocycles. The third-order valence-corrected chi connectivity index (χ3v) is 5.90. The molecular formula is C23H26N2O4. The SMILES string of the molecule is O=C(NCC(C(=O)O)N1CCCCC1)OCC1c2ccccc2-c2ccccc21. The van der Waals surface area contributed by atoms with Crippen molar-refractivity contribution in [1.29, 1.82) is 0 Å². The molecule has 0 spiro atoms. The lowest BCUT2D eigenvalue weighted by molar-refractivity contribution is -0.143. The normalized spacial score (nSPS) is 17.2. The number of carbonyl (C=O) groups excluding carboxylic acids is 1. The van der Waals surface area contributed by atoms with Crippen LogP contribution in [0, 0.1) is 0 Å². The molecule has 0 radical (unpaired) electrons. The number of carboxylic acid groups (broad SMARTS) is 1. The van der Waals surface area contributed by atoms with Crippen LogP contribution >= 0.6 is 0 Å². The lowest BCUT2D eigenvalue weighted by atomic mass is 9.98. The number of alkyl carbamates (subject to hydrolysis) is 1. The van der Waals surface area contributed by atoms with Crippen molar-refractivity contribution in [2.75, 3.05) is 26.2 Å². The van der Waals surface area contributed by atoms with Gasteiger partial charge in [-0.1, -0.05) is 55.0 Å². The summed E-state index contributed by atoms with van der Waals surface area (Å²) in [5.74, 6) is -0.920. The number of benzene rings is 2. The molecule has 0 aromatic heterocycles. The van der Waals surface area contributed by atoms with Gasteiger partial charge in [-0.15, -0.1) is 0 Å². The number of amides is 1. The predicted molar refractivity (Wildman–Crippen MR) is 110 cm³/mol. The van der Waals surface area contributed by atoms with Crippen LogP contribution in [-0.4, -0.2) is 54.4 Å². The summed E-state index contributed by atoms with van der Waals surface area (Å²) in [5, 5.41) is 12.2. The third kappa shape index (κ3) is 4.12. The van der Waals surface area contributed by atoms with Crippen LogP contribution in [0.15, 0.2) is 48.5 Å². The maximum atomic E-state index is 12.3. The Morgan fingerprint density at radius 2 is 1.59 bits per heavy atom. The Bertz CT molecular complexity index is 846. The van der Waals surface area contributed by atoms with Crippen molar-refractivity contribution in [2.24, 2.45) is 0 Å². The number of nitrogens with one attached hydrogen (secondary N) is 1. The van der Waals surface area contributed by atoms with Crippen molar-refractivity contribution in [2.45, 2.75) is 31.2 Å². The van der Waals surface area contributed by atoms with E-state index >= 15 is 0 Å². The van der Waals surface area contributed by atoms with Gasteiger partial charge in [-0.2, -0.15) is 0 Å². The van der Waals surface area contributed by atoms with Gasteiger partial charge in [0.15, 0.2) is 0 Å². The monoisotopic (exact) mass is 394 g/mol. The Morgan fingerprint density at radius 3 is 2.17 bits per heavy atom. The number of likely N-dealkylation sites (tertiary alicyclic amines) is 1. The molecule has 4 rings (SSSR count). The fraction of sp³-hybridized carbons (Fsp3) is 0.391. The zero-order chi connectivity index (χ0) is 20.2. The molecule has 2 aromatic carbocycles. The number of carbonyl (C=O) groups is 2. The summed E-state index contributed by atoms with van der Waals surface area (Å²) in [6.45, 7) is 1.78. The van der Waals surface area contributed by atoms with E-state index in [-0.39, 0.29) is 19.1 Å². The van der Waals surface area contributed by atoms with E-state index in [4.69, 9.17) is 4.74 Å². The van der Waals surface area contributed by atoms with Gasteiger partial charge in [-0.25, -0.2) is 4.79 Å². The highest BCUT2D eigenvalue weighted by Crippen LogP contribution is 2.44. The fourth-order valence-corrected chi connectivity index (χ4v) is 4.43. The molecule has 152 valence electrons. The van der Waals surface area contributed by atoms with E-state index in [1.807, 2.05) is 29.2 Å². The highest BCUT2D eigenvalue weighted by molar-refractivity contribution is 5.79. The third-order valence-electron chi connectivity index (χ3n) is 5.90. The molecule has 1 unspecified atom stereocenters. The number of fused-ring (bicyclic) bond motifs is 3. The van der Waals surface area contributed by atoms with Gasteiger partial charge in [0, 0.05) is 12.5 Å². The summed E-state index contributed by atoms with van der Waals surface area (Å²) in [6, 6.07) is 15.6. The van der Waals surface area contributed by atoms with Crippen molar-refractivity contribution in [3.8, 4) is 11.1 Å². The summed E-state index contributed by atoms with van der Waals surface area (Å²) >= 11 is 0. The van der Waals surface area contributed by atoms with E-state index in [1.54, 1.807) is 0 Å². The molecule has 2 N–H and O–H groups in total. The van der Waals surface area contributed by atoms with E-state index in [1.165, 1.54) is 11.1 Å². The van der Waals surface area contributed by atoms with Crippen molar-refractivity contribution in [3.05, 3.63) is 59.7 Å². The number of ether oxygens (including phenoxy) is 1. The van der Waals surface area contributed by atoms with E-state index in [0.29, 0.717) is 0 Å². The molecule has 1 fully saturated rings. The molecule has 2 aliphatic rings. The number of hydrogen-bond acceptors (Lipinski definition) is 4. The zero-order valence-electron chi connectivity index (χ0n) is 16.3. The van der Waals surface area contributed by atoms with Crippen LogP contribution in [0.25, 0.3) is 11.1 Å². The largest absolute Gasteiger partial charge is 0.480 e. The van der Waals surface area contributed by atoms with Crippen LogP contribution in [0.3, 0.4) is 0 Å². The Hall–Kier alpha value is -2.86. The average molecular weight is 394 g/mol. The molecule has 1 heterocycles. The number of piperidine rings is 1. The molecular weight excluding hydrogens is 368 g/mol. The van der Waals surface area contributed by atoms with Gasteiger partial charge in [0.25, 0.3) is 0 Å². The quantitative estimate of drug-likeness (QED) is 0.784. The highest BCUT2D eigenvalue weighted by Gasteiger charge is 2.30. The number of rotatable bonds is 6. The second kappa shape index (κ2) is 8.66. The van der Waals surface area contributed by atoms with Crippen molar-refractivity contribution in [1.82, 2.24) is 10.2 Å². The number of hydrogen-bond donors (Lipinski definition) is 2. The number of aliphatic carboxylic acids is 1. The first-order chi connectivity index (χ1) is 14.1. The highest BCUT2D eigenvalue weighted by atomic mass is 16.5. The van der Waals surface area contributed by atoms with Gasteiger partial charge in [-0.3, -0.25) is 9.69 Å². The van der Waals surface area contributed by atoms with E-state index < -0.39 is 18.1 Å². The molecule has 1 atom stereocenters. The Balaban J connectivity index is 1.37. The van der Waals surface area contributed by atoms with Crippen LogP contribution in [0.1, 0.15) is 36.3 Å². The first-order valence-corrected chi connectivity index (χ1v) is 10.2. The molecule has 0 bridgehead atoms. The molecule has 6 nitrogen and oxygen atoms in total. The molecule has 1 saturated heterocycles. The Labute approximate surface area is 170 Å². The molecule has 1 amide bonds. The molecule has 29 heavy (non-hydrogen) atoms. The second-order valence-corrected chi connectivity index (χ2v) is 7.66. The van der Waals surface area contributed by atoms with Crippen molar-refractivity contribution >= 4 is 12.1 Å². The predicted octanol–water partition coefficient (Wildman–Crippen LogP) is 3.46. The molecule has 1 aliphatic heterocycles. The van der Waals surface area contributed by atoms with Crippen LogP contribution < -0.4 is 5.32 Å². The first kappa shape index (κ1) is 19.5. The summed E-state index contributed by atoms with van der Waals surface area (Å²) in [4.78, 5) is 25.8. The van der Waals surface area contributed by atoms with Crippen molar-refractivity contribution < 1.29 is 19.4 Å². The lowest BCUT2D eigenvalue weighted by Gasteiger charge is -2.31. The van der Waals surface area contributed by atoms with Gasteiger partial charge in [0.05, 0.1) is 0 Å². The van der Waals surface area contributed by atoms with Gasteiger partial charge >= 0.3 is 12.1 Å². The van der Waals surface area contributed by atoms with Crippen molar-refractivity contribution in [3.63, 3.8) is 0 Å². The van der Waals surface area contributed by atoms with E-state index in [2.05, 4.69) is 29.6 Å². The Kier molecular flexibility index (Phi) is 5.81. The fourth-order valence-electron chi connectivity index (χ4n) is 4.43. The molecule has 2 aromatic rings. The summed E-state index contributed by atoms with van der Waals surface area (Å²) in [7, 11) is 0. The maximum absolute atomic E-state index is 12.3. The number of nitrogens with zero attached hydrogens (tertiary/aromatic N) is 1. The van der Waals surface area contributed by atoms with Crippen LogP contribution in [0.2, 0.25) is 0 Å². The zero-order valence-corrected chi connectivity index (χ0v) is 16.3. The second-order valence-electron chi connectivity index (χ2n) is 7.66. The standard InChI is InChI=1S/C23H26N2O4/c26-22(27)21(25-12-6-1-7-13-25)14-24-23(28)29-15-20-18-10-4-2-8-16(18)17-9-3-5-11-19(17)20/h2-5,8-11,20-21H,1,6-7,12-15H2,(H,24,28)(H,26,27). The lowest BCUT2D eigenvalue weighted by Crippen LogP contribution is -2.50.